The number of benzene rings is 2. The first-order valence-electron chi connectivity index (χ1n) is 9.58. The zero-order valence-corrected chi connectivity index (χ0v) is 19.6. The highest BCUT2D eigenvalue weighted by molar-refractivity contribution is 7.88. The van der Waals surface area contributed by atoms with Crippen molar-refractivity contribution in [1.29, 1.82) is 0 Å². The summed E-state index contributed by atoms with van der Waals surface area (Å²) in [4.78, 5) is 4.73. The van der Waals surface area contributed by atoms with Gasteiger partial charge >= 0.3 is 0 Å². The fraction of sp³-hybridized carbons (Fsp3) is 0.350. The molecule has 2 aromatic carbocycles. The van der Waals surface area contributed by atoms with Crippen molar-refractivity contribution in [1.82, 2.24) is 14.3 Å². The number of anilines is 1. The summed E-state index contributed by atoms with van der Waals surface area (Å²) in [6, 6.07) is 6.68. The Morgan fingerprint density at radius 3 is 2.67 bits per heavy atom. The Kier molecular flexibility index (Phi) is 5.94. The second-order valence-corrected chi connectivity index (χ2v) is 10.4. The van der Waals surface area contributed by atoms with Crippen molar-refractivity contribution in [3.05, 3.63) is 44.9 Å². The molecule has 1 unspecified atom stereocenters. The first-order chi connectivity index (χ1) is 14.2. The number of fused-ring (bicyclic) bond motifs is 3. The number of aryl methyl sites for hydroxylation is 1. The zero-order valence-electron chi connectivity index (χ0n) is 16.5. The predicted octanol–water partition coefficient (Wildman–Crippen LogP) is 5.48. The van der Waals surface area contributed by atoms with Gasteiger partial charge in [0.2, 0.25) is 16.0 Å². The summed E-state index contributed by atoms with van der Waals surface area (Å²) in [5, 5.41) is 4.75. The molecule has 0 saturated carbocycles. The number of nitrogens with one attached hydrogen (secondary N) is 2. The number of rotatable bonds is 5. The average Bonchev–Trinajstić information content (AvgIpc) is 3.07. The Balaban J connectivity index is 2.04. The van der Waals surface area contributed by atoms with Crippen molar-refractivity contribution in [3.63, 3.8) is 0 Å². The number of sulfonamides is 1. The fourth-order valence-electron chi connectivity index (χ4n) is 3.90. The van der Waals surface area contributed by atoms with Crippen LogP contribution in [0.15, 0.2) is 24.3 Å². The quantitative estimate of drug-likeness (QED) is 0.500. The highest BCUT2D eigenvalue weighted by atomic mass is 35.5. The third kappa shape index (κ3) is 4.01. The van der Waals surface area contributed by atoms with E-state index in [9.17, 15) is 8.42 Å². The van der Waals surface area contributed by atoms with Gasteiger partial charge in [-0.3, -0.25) is 0 Å². The van der Waals surface area contributed by atoms with E-state index in [1.165, 1.54) is 0 Å². The smallest absolute Gasteiger partial charge is 0.209 e. The maximum atomic E-state index is 12.0. The number of hydrogen-bond acceptors (Lipinski definition) is 4. The van der Waals surface area contributed by atoms with Crippen LogP contribution in [0.3, 0.4) is 0 Å². The van der Waals surface area contributed by atoms with Gasteiger partial charge in [-0.2, -0.15) is 0 Å². The molecule has 1 aliphatic heterocycles. The number of imidazole rings is 1. The molecule has 160 valence electrons. The van der Waals surface area contributed by atoms with E-state index < -0.39 is 16.1 Å². The molecule has 30 heavy (non-hydrogen) atoms. The molecule has 0 saturated heterocycles. The van der Waals surface area contributed by atoms with Crippen LogP contribution in [0.5, 0.6) is 0 Å². The molecule has 10 heteroatoms. The lowest BCUT2D eigenvalue weighted by atomic mass is 9.96. The molecular formula is C20H21Cl3N4O2S. The van der Waals surface area contributed by atoms with Crippen LogP contribution in [0.1, 0.15) is 31.4 Å². The van der Waals surface area contributed by atoms with Gasteiger partial charge in [0.25, 0.3) is 0 Å². The largest absolute Gasteiger partial charge is 0.356 e. The van der Waals surface area contributed by atoms with Gasteiger partial charge in [0, 0.05) is 40.3 Å². The molecule has 1 atom stereocenters. The molecule has 0 bridgehead atoms. The van der Waals surface area contributed by atoms with Crippen LogP contribution in [0.2, 0.25) is 15.1 Å². The molecule has 0 fully saturated rings. The van der Waals surface area contributed by atoms with Gasteiger partial charge in [0.15, 0.2) is 0 Å². The number of nitrogens with zero attached hydrogens (tertiary/aromatic N) is 2. The van der Waals surface area contributed by atoms with Crippen molar-refractivity contribution in [2.45, 2.75) is 32.4 Å². The molecule has 1 aliphatic rings. The van der Waals surface area contributed by atoms with Gasteiger partial charge in [0.1, 0.15) is 5.52 Å². The van der Waals surface area contributed by atoms with E-state index in [0.717, 1.165) is 42.8 Å². The Hall–Kier alpha value is -1.51. The lowest BCUT2D eigenvalue weighted by molar-refractivity contribution is 0.555. The van der Waals surface area contributed by atoms with E-state index in [4.69, 9.17) is 39.8 Å². The molecule has 6 nitrogen and oxygen atoms in total. The Labute approximate surface area is 190 Å². The SMILES string of the molecule is CCC(NS(C)(=O)=O)c1cc(-c2ccc(Cl)cc2Cl)c(Cl)c2nc3n(c12)CCCN3. The Morgan fingerprint density at radius 2 is 2.00 bits per heavy atom. The van der Waals surface area contributed by atoms with E-state index in [2.05, 4.69) is 14.6 Å². The van der Waals surface area contributed by atoms with Gasteiger partial charge < -0.3 is 9.88 Å². The molecule has 1 aromatic heterocycles. The Bertz CT molecular complexity index is 1240. The molecule has 4 rings (SSSR count). The third-order valence-corrected chi connectivity index (χ3v) is 6.83. The molecule has 0 amide bonds. The fourth-order valence-corrected chi connectivity index (χ4v) is 5.51. The van der Waals surface area contributed by atoms with E-state index in [1.54, 1.807) is 18.2 Å². The summed E-state index contributed by atoms with van der Waals surface area (Å²) >= 11 is 19.4. The highest BCUT2D eigenvalue weighted by Gasteiger charge is 2.27. The molecule has 0 radical (unpaired) electrons. The molecular weight excluding hydrogens is 467 g/mol. The van der Waals surface area contributed by atoms with Crippen molar-refractivity contribution >= 4 is 61.8 Å². The third-order valence-electron chi connectivity index (χ3n) is 5.19. The number of halogens is 3. The Morgan fingerprint density at radius 1 is 1.23 bits per heavy atom. The minimum absolute atomic E-state index is 0.438. The highest BCUT2D eigenvalue weighted by Crippen LogP contribution is 2.43. The van der Waals surface area contributed by atoms with Crippen LogP contribution in [0.4, 0.5) is 5.95 Å². The van der Waals surface area contributed by atoms with E-state index in [1.807, 2.05) is 13.0 Å². The first kappa shape index (κ1) is 21.7. The van der Waals surface area contributed by atoms with Gasteiger partial charge in [-0.15, -0.1) is 0 Å². The lowest BCUT2D eigenvalue weighted by Gasteiger charge is -2.22. The second kappa shape index (κ2) is 8.20. The number of hydrogen-bond donors (Lipinski definition) is 2. The molecule has 2 heterocycles. The van der Waals surface area contributed by atoms with Crippen molar-refractivity contribution in [2.75, 3.05) is 18.1 Å². The van der Waals surface area contributed by atoms with E-state index in [-0.39, 0.29) is 0 Å². The predicted molar refractivity (Wildman–Crippen MR) is 124 cm³/mol. The lowest BCUT2D eigenvalue weighted by Crippen LogP contribution is -2.27. The van der Waals surface area contributed by atoms with Crippen LogP contribution < -0.4 is 10.0 Å². The molecule has 0 aliphatic carbocycles. The van der Waals surface area contributed by atoms with Crippen LogP contribution in [-0.4, -0.2) is 30.8 Å². The van der Waals surface area contributed by atoms with Gasteiger partial charge in [-0.25, -0.2) is 18.1 Å². The minimum Gasteiger partial charge on any atom is -0.356 e. The van der Waals surface area contributed by atoms with E-state index >= 15 is 0 Å². The van der Waals surface area contributed by atoms with Gasteiger partial charge in [0.05, 0.1) is 16.8 Å². The molecule has 3 aromatic rings. The minimum atomic E-state index is -3.43. The maximum Gasteiger partial charge on any atom is 0.209 e. The summed E-state index contributed by atoms with van der Waals surface area (Å²) in [7, 11) is -3.43. The summed E-state index contributed by atoms with van der Waals surface area (Å²) in [6.07, 6.45) is 2.66. The summed E-state index contributed by atoms with van der Waals surface area (Å²) in [6.45, 7) is 3.54. The maximum absolute atomic E-state index is 12.0. The monoisotopic (exact) mass is 486 g/mol. The normalized spacial score (nSPS) is 15.1. The van der Waals surface area contributed by atoms with Crippen LogP contribution >= 0.6 is 34.8 Å². The summed E-state index contributed by atoms with van der Waals surface area (Å²) in [5.41, 5.74) is 3.66. The number of aromatic nitrogens is 2. The van der Waals surface area contributed by atoms with Crippen LogP contribution in [0.25, 0.3) is 22.2 Å². The molecule has 2 N–H and O–H groups in total. The molecule has 0 spiro atoms. The van der Waals surface area contributed by atoms with Crippen molar-refractivity contribution in [2.24, 2.45) is 0 Å². The first-order valence-corrected chi connectivity index (χ1v) is 12.6. The zero-order chi connectivity index (χ0) is 21.6. The average molecular weight is 488 g/mol. The second-order valence-electron chi connectivity index (χ2n) is 7.37. The van der Waals surface area contributed by atoms with Crippen LogP contribution in [0, 0.1) is 0 Å². The van der Waals surface area contributed by atoms with Crippen molar-refractivity contribution < 1.29 is 8.42 Å². The summed E-state index contributed by atoms with van der Waals surface area (Å²) in [5.74, 6) is 0.730. The summed E-state index contributed by atoms with van der Waals surface area (Å²) < 4.78 is 28.9. The van der Waals surface area contributed by atoms with Gasteiger partial charge in [-0.05, 0) is 36.6 Å². The van der Waals surface area contributed by atoms with Crippen molar-refractivity contribution in [3.8, 4) is 11.1 Å². The standard InChI is InChI=1S/C20H21Cl3N4O2S/c1-3-16(26-30(2,28)29)14-10-13(12-6-5-11(21)9-15(12)22)17(23)18-19(14)27-8-4-7-24-20(27)25-18/h5-6,9-10,16,26H,3-4,7-8H2,1-2H3,(H,24,25). The topological polar surface area (TPSA) is 76.0 Å². The van der Waals surface area contributed by atoms with Crippen LogP contribution in [-0.2, 0) is 16.6 Å². The van der Waals surface area contributed by atoms with Gasteiger partial charge in [-0.1, -0.05) is 47.8 Å². The van der Waals surface area contributed by atoms with E-state index in [0.29, 0.717) is 38.1 Å².